The van der Waals surface area contributed by atoms with Gasteiger partial charge >= 0.3 is 0 Å². The zero-order valence-corrected chi connectivity index (χ0v) is 14.3. The van der Waals surface area contributed by atoms with Crippen LogP contribution in [-0.4, -0.2) is 53.7 Å². The molecule has 1 amide bonds. The summed E-state index contributed by atoms with van der Waals surface area (Å²) in [6.45, 7) is 3.15. The Hall–Kier alpha value is -2.83. The first-order chi connectivity index (χ1) is 12.2. The van der Waals surface area contributed by atoms with E-state index < -0.39 is 0 Å². The number of carbonyl (C=O) groups is 1. The van der Waals surface area contributed by atoms with Crippen LogP contribution < -0.4 is 14.2 Å². The Morgan fingerprint density at radius 1 is 1.20 bits per heavy atom. The topological polar surface area (TPSA) is 73.8 Å². The second-order valence-electron chi connectivity index (χ2n) is 5.84. The molecule has 1 fully saturated rings. The number of methoxy groups -OCH3 is 1. The summed E-state index contributed by atoms with van der Waals surface area (Å²) in [6, 6.07) is 7.62. The summed E-state index contributed by atoms with van der Waals surface area (Å²) in [5.41, 5.74) is 1.15. The van der Waals surface area contributed by atoms with E-state index in [1.165, 1.54) is 7.11 Å². The highest BCUT2D eigenvalue weighted by Gasteiger charge is 2.29. The molecule has 1 aromatic heterocycles. The normalized spacial score (nSPS) is 16.6. The fraction of sp³-hybridized carbons (Fsp3) is 0.389. The van der Waals surface area contributed by atoms with E-state index in [9.17, 15) is 4.79 Å². The Bertz CT molecular complexity index is 721. The van der Waals surface area contributed by atoms with Crippen molar-refractivity contribution in [3.8, 4) is 17.5 Å². The second kappa shape index (κ2) is 7.83. The number of aromatic nitrogens is 2. The molecule has 0 saturated carbocycles. The highest BCUT2D eigenvalue weighted by atomic mass is 16.5. The highest BCUT2D eigenvalue weighted by molar-refractivity contribution is 5.78. The van der Waals surface area contributed by atoms with Gasteiger partial charge in [0, 0.05) is 25.4 Å². The maximum Gasteiger partial charge on any atom is 0.278 e. The van der Waals surface area contributed by atoms with Crippen LogP contribution in [0.3, 0.4) is 0 Å². The monoisotopic (exact) mass is 343 g/mol. The quantitative estimate of drug-likeness (QED) is 0.797. The van der Waals surface area contributed by atoms with Gasteiger partial charge in [-0.05, 0) is 19.1 Å². The summed E-state index contributed by atoms with van der Waals surface area (Å²) in [4.78, 5) is 22.2. The summed E-state index contributed by atoms with van der Waals surface area (Å²) < 4.78 is 16.5. The molecule has 1 aliphatic rings. The molecule has 3 rings (SSSR count). The Morgan fingerprint density at radius 2 is 1.92 bits per heavy atom. The first-order valence-electron chi connectivity index (χ1n) is 8.14. The van der Waals surface area contributed by atoms with Crippen molar-refractivity contribution in [2.24, 2.45) is 0 Å². The van der Waals surface area contributed by atoms with Crippen molar-refractivity contribution in [1.29, 1.82) is 0 Å². The van der Waals surface area contributed by atoms with Crippen LogP contribution in [0, 0.1) is 6.92 Å². The number of likely N-dealkylation sites (tertiary alicyclic amines) is 1. The van der Waals surface area contributed by atoms with Crippen LogP contribution >= 0.6 is 0 Å². The number of hydrogen-bond donors (Lipinski definition) is 0. The summed E-state index contributed by atoms with van der Waals surface area (Å²) in [5, 5.41) is 0. The molecule has 1 atom stereocenters. The number of rotatable bonds is 6. The average molecular weight is 343 g/mol. The Morgan fingerprint density at radius 3 is 2.64 bits per heavy atom. The van der Waals surface area contributed by atoms with E-state index in [2.05, 4.69) is 9.97 Å². The molecule has 25 heavy (non-hydrogen) atoms. The van der Waals surface area contributed by atoms with Crippen LogP contribution in [0.5, 0.6) is 17.5 Å². The van der Waals surface area contributed by atoms with Crippen LogP contribution in [0.2, 0.25) is 0 Å². The standard InChI is InChI=1S/C18H21N3O4/c1-13-3-5-14(6-4-13)24-12-16(22)21-10-7-15(11-21)25-18-17(23-2)19-8-9-20-18/h3-6,8-9,15H,7,10-12H2,1-2H3/t15-/m1/s1. The van der Waals surface area contributed by atoms with Crippen molar-refractivity contribution < 1.29 is 19.0 Å². The highest BCUT2D eigenvalue weighted by Crippen LogP contribution is 2.24. The molecule has 132 valence electrons. The van der Waals surface area contributed by atoms with Gasteiger partial charge in [0.2, 0.25) is 0 Å². The molecule has 1 aliphatic heterocycles. The van der Waals surface area contributed by atoms with Gasteiger partial charge in [-0.2, -0.15) is 0 Å². The van der Waals surface area contributed by atoms with Gasteiger partial charge in [-0.1, -0.05) is 17.7 Å². The number of hydrogen-bond acceptors (Lipinski definition) is 6. The van der Waals surface area contributed by atoms with Gasteiger partial charge in [0.05, 0.1) is 13.7 Å². The Balaban J connectivity index is 1.50. The van der Waals surface area contributed by atoms with Gasteiger partial charge in [0.1, 0.15) is 11.9 Å². The average Bonchev–Trinajstić information content (AvgIpc) is 3.10. The van der Waals surface area contributed by atoms with Crippen LogP contribution in [-0.2, 0) is 4.79 Å². The molecule has 0 bridgehead atoms. The lowest BCUT2D eigenvalue weighted by molar-refractivity contribution is -0.132. The molecule has 7 nitrogen and oxygen atoms in total. The summed E-state index contributed by atoms with van der Waals surface area (Å²) in [6.07, 6.45) is 3.69. The molecule has 2 aromatic rings. The van der Waals surface area contributed by atoms with E-state index in [1.807, 2.05) is 31.2 Å². The van der Waals surface area contributed by atoms with Crippen LogP contribution in [0.1, 0.15) is 12.0 Å². The van der Waals surface area contributed by atoms with E-state index >= 15 is 0 Å². The fourth-order valence-corrected chi connectivity index (χ4v) is 2.61. The molecule has 0 aliphatic carbocycles. The first kappa shape index (κ1) is 17.0. The smallest absolute Gasteiger partial charge is 0.278 e. The van der Waals surface area contributed by atoms with Gasteiger partial charge in [-0.25, -0.2) is 9.97 Å². The molecule has 0 spiro atoms. The minimum atomic E-state index is -0.131. The van der Waals surface area contributed by atoms with Crippen LogP contribution in [0.4, 0.5) is 0 Å². The first-order valence-corrected chi connectivity index (χ1v) is 8.14. The minimum Gasteiger partial charge on any atom is -0.484 e. The van der Waals surface area contributed by atoms with Gasteiger partial charge in [0.25, 0.3) is 17.7 Å². The number of nitrogens with zero attached hydrogens (tertiary/aromatic N) is 3. The van der Waals surface area contributed by atoms with Crippen LogP contribution in [0.15, 0.2) is 36.7 Å². The van der Waals surface area contributed by atoms with Gasteiger partial charge < -0.3 is 19.1 Å². The zero-order valence-electron chi connectivity index (χ0n) is 14.3. The molecule has 0 N–H and O–H groups in total. The summed E-state index contributed by atoms with van der Waals surface area (Å²) in [5.74, 6) is 1.32. The molecule has 0 radical (unpaired) electrons. The lowest BCUT2D eigenvalue weighted by Crippen LogP contribution is -2.34. The van der Waals surface area contributed by atoms with E-state index in [0.29, 0.717) is 30.6 Å². The second-order valence-corrected chi connectivity index (χ2v) is 5.84. The lowest BCUT2D eigenvalue weighted by Gasteiger charge is -2.17. The van der Waals surface area contributed by atoms with Crippen molar-refractivity contribution in [3.05, 3.63) is 42.2 Å². The minimum absolute atomic E-state index is 0.0181. The third kappa shape index (κ3) is 4.37. The van der Waals surface area contributed by atoms with Crippen molar-refractivity contribution in [1.82, 2.24) is 14.9 Å². The van der Waals surface area contributed by atoms with Crippen molar-refractivity contribution >= 4 is 5.91 Å². The molecular formula is C18H21N3O4. The maximum absolute atomic E-state index is 12.3. The van der Waals surface area contributed by atoms with Gasteiger partial charge in [-0.3, -0.25) is 4.79 Å². The number of aryl methyl sites for hydroxylation is 1. The third-order valence-electron chi connectivity index (χ3n) is 3.99. The number of carbonyl (C=O) groups excluding carboxylic acids is 1. The van der Waals surface area contributed by atoms with E-state index in [0.717, 1.165) is 12.0 Å². The summed E-state index contributed by atoms with van der Waals surface area (Å²) in [7, 11) is 1.52. The fourth-order valence-electron chi connectivity index (χ4n) is 2.61. The van der Waals surface area contributed by atoms with E-state index in [4.69, 9.17) is 14.2 Å². The molecule has 7 heteroatoms. The Labute approximate surface area is 146 Å². The Kier molecular flexibility index (Phi) is 5.33. The molecule has 0 unspecified atom stereocenters. The number of ether oxygens (including phenoxy) is 3. The molecule has 1 aromatic carbocycles. The molecule has 1 saturated heterocycles. The van der Waals surface area contributed by atoms with E-state index in [1.54, 1.807) is 17.3 Å². The van der Waals surface area contributed by atoms with Crippen molar-refractivity contribution in [2.75, 3.05) is 26.8 Å². The lowest BCUT2D eigenvalue weighted by atomic mass is 10.2. The predicted octanol–water partition coefficient (Wildman–Crippen LogP) is 1.85. The van der Waals surface area contributed by atoms with Gasteiger partial charge in [-0.15, -0.1) is 0 Å². The SMILES string of the molecule is COc1nccnc1O[C@@H]1CCN(C(=O)COc2ccc(C)cc2)C1. The largest absolute Gasteiger partial charge is 0.484 e. The van der Waals surface area contributed by atoms with Crippen molar-refractivity contribution in [3.63, 3.8) is 0 Å². The van der Waals surface area contributed by atoms with Crippen LogP contribution in [0.25, 0.3) is 0 Å². The molecular weight excluding hydrogens is 322 g/mol. The number of amides is 1. The third-order valence-corrected chi connectivity index (χ3v) is 3.99. The van der Waals surface area contributed by atoms with E-state index in [-0.39, 0.29) is 18.6 Å². The van der Waals surface area contributed by atoms with Gasteiger partial charge in [0.15, 0.2) is 6.61 Å². The summed E-state index contributed by atoms with van der Waals surface area (Å²) >= 11 is 0. The zero-order chi connectivity index (χ0) is 17.6. The molecule has 2 heterocycles. The maximum atomic E-state index is 12.3. The predicted molar refractivity (Wildman–Crippen MR) is 90.9 cm³/mol. The van der Waals surface area contributed by atoms with Crippen molar-refractivity contribution in [2.45, 2.75) is 19.4 Å². The number of benzene rings is 1.